The zero-order valence-electron chi connectivity index (χ0n) is 12.0. The minimum Gasteiger partial charge on any atom is -0.466 e. The monoisotopic (exact) mass is 262 g/mol. The Balaban J connectivity index is 2.25. The number of carbonyl (C=O) groups is 1. The molecule has 0 unspecified atom stereocenters. The Hall–Kier alpha value is -1.23. The molecule has 0 aromatic rings. The normalized spacial score (nSPS) is 22.2. The number of hydrogen-bond acceptors (Lipinski definition) is 2. The second-order valence-electron chi connectivity index (χ2n) is 5.06. The summed E-state index contributed by atoms with van der Waals surface area (Å²) < 4.78 is 5.20. The first-order valence-corrected chi connectivity index (χ1v) is 7.68. The SMILES string of the molecule is O=C1CCCCCCCCC#C/C=C\CCCCO1. The molecule has 0 atom stereocenters. The predicted molar refractivity (Wildman–Crippen MR) is 78.7 cm³/mol. The fourth-order valence-electron chi connectivity index (χ4n) is 2.09. The van der Waals surface area contributed by atoms with Crippen LogP contribution in [0.2, 0.25) is 0 Å². The zero-order valence-corrected chi connectivity index (χ0v) is 12.0. The summed E-state index contributed by atoms with van der Waals surface area (Å²) in [5, 5.41) is 0. The smallest absolute Gasteiger partial charge is 0.305 e. The molecule has 1 heterocycles. The molecule has 1 aliphatic rings. The number of cyclic esters (lactones) is 1. The van der Waals surface area contributed by atoms with Crippen LogP contribution >= 0.6 is 0 Å². The van der Waals surface area contributed by atoms with Gasteiger partial charge in [0.2, 0.25) is 0 Å². The second kappa shape index (κ2) is 11.8. The molecule has 0 saturated heterocycles. The molecule has 0 fully saturated rings. The van der Waals surface area contributed by atoms with Crippen molar-refractivity contribution in [2.45, 2.75) is 70.6 Å². The van der Waals surface area contributed by atoms with E-state index in [0.717, 1.165) is 38.5 Å². The van der Waals surface area contributed by atoms with Gasteiger partial charge in [0.15, 0.2) is 0 Å². The number of hydrogen-bond donors (Lipinski definition) is 0. The van der Waals surface area contributed by atoms with Crippen molar-refractivity contribution in [2.75, 3.05) is 6.61 Å². The maximum Gasteiger partial charge on any atom is 0.305 e. The average Bonchev–Trinajstić information content (AvgIpc) is 2.41. The number of rotatable bonds is 0. The van der Waals surface area contributed by atoms with Gasteiger partial charge in [-0.25, -0.2) is 0 Å². The van der Waals surface area contributed by atoms with E-state index in [9.17, 15) is 4.79 Å². The van der Waals surface area contributed by atoms with E-state index in [1.807, 2.05) is 6.08 Å². The topological polar surface area (TPSA) is 26.3 Å². The second-order valence-corrected chi connectivity index (χ2v) is 5.06. The van der Waals surface area contributed by atoms with Crippen LogP contribution < -0.4 is 0 Å². The van der Waals surface area contributed by atoms with Crippen molar-refractivity contribution in [3.05, 3.63) is 12.2 Å². The van der Waals surface area contributed by atoms with Gasteiger partial charge >= 0.3 is 5.97 Å². The van der Waals surface area contributed by atoms with E-state index in [0.29, 0.717) is 13.0 Å². The molecule has 2 heteroatoms. The lowest BCUT2D eigenvalue weighted by Gasteiger charge is -2.04. The standard InChI is InChI=1S/C17H26O2/c18-17-15-13-11-9-7-5-3-1-2-4-6-8-10-12-14-16-19-17/h6,8H,1,3,5,7,9-16H2/b8-6-. The van der Waals surface area contributed by atoms with Gasteiger partial charge in [-0.1, -0.05) is 43.6 Å². The van der Waals surface area contributed by atoms with E-state index in [2.05, 4.69) is 17.9 Å². The lowest BCUT2D eigenvalue weighted by molar-refractivity contribution is -0.143. The quantitative estimate of drug-likeness (QED) is 0.478. The third kappa shape index (κ3) is 10.4. The van der Waals surface area contributed by atoms with Crippen LogP contribution in [0.3, 0.4) is 0 Å². The van der Waals surface area contributed by atoms with E-state index < -0.39 is 0 Å². The van der Waals surface area contributed by atoms with Gasteiger partial charge in [0.05, 0.1) is 6.61 Å². The van der Waals surface area contributed by atoms with Crippen LogP contribution in [0.15, 0.2) is 12.2 Å². The number of allylic oxidation sites excluding steroid dienone is 2. The van der Waals surface area contributed by atoms with Crippen LogP contribution in [-0.4, -0.2) is 12.6 Å². The van der Waals surface area contributed by atoms with Crippen molar-refractivity contribution in [2.24, 2.45) is 0 Å². The van der Waals surface area contributed by atoms with Crippen molar-refractivity contribution in [3.8, 4) is 11.8 Å². The number of carbonyl (C=O) groups excluding carboxylic acids is 1. The van der Waals surface area contributed by atoms with Gasteiger partial charge in [-0.15, -0.1) is 0 Å². The van der Waals surface area contributed by atoms with E-state index >= 15 is 0 Å². The molecule has 0 aromatic carbocycles. The van der Waals surface area contributed by atoms with Gasteiger partial charge in [-0.2, -0.15) is 0 Å². The molecular formula is C17H26O2. The first-order valence-electron chi connectivity index (χ1n) is 7.68. The lowest BCUT2D eigenvalue weighted by atomic mass is 10.1. The summed E-state index contributed by atoms with van der Waals surface area (Å²) in [6.45, 7) is 0.568. The first-order chi connectivity index (χ1) is 9.39. The highest BCUT2D eigenvalue weighted by molar-refractivity contribution is 5.69. The summed E-state index contributed by atoms with van der Waals surface area (Å²) in [6, 6.07) is 0. The van der Waals surface area contributed by atoms with Crippen molar-refractivity contribution in [3.63, 3.8) is 0 Å². The Kier molecular flexibility index (Phi) is 9.86. The Morgan fingerprint density at radius 2 is 1.74 bits per heavy atom. The molecule has 0 aromatic heterocycles. The van der Waals surface area contributed by atoms with Crippen LogP contribution in [0.5, 0.6) is 0 Å². The predicted octanol–water partition coefficient (Wildman–Crippen LogP) is 4.39. The highest BCUT2D eigenvalue weighted by Gasteiger charge is 2.02. The Morgan fingerprint density at radius 3 is 2.63 bits per heavy atom. The van der Waals surface area contributed by atoms with Crippen LogP contribution in [0.1, 0.15) is 70.6 Å². The molecule has 2 nitrogen and oxygen atoms in total. The summed E-state index contributed by atoms with van der Waals surface area (Å²) in [5.74, 6) is 6.24. The molecule has 0 aliphatic carbocycles. The zero-order chi connectivity index (χ0) is 13.6. The molecule has 0 spiro atoms. The Bertz CT molecular complexity index is 320. The molecule has 0 N–H and O–H groups in total. The molecule has 1 rings (SSSR count). The van der Waals surface area contributed by atoms with Crippen molar-refractivity contribution >= 4 is 5.97 Å². The van der Waals surface area contributed by atoms with Crippen LogP contribution in [0.4, 0.5) is 0 Å². The molecule has 19 heavy (non-hydrogen) atoms. The third-order valence-electron chi connectivity index (χ3n) is 3.26. The minimum atomic E-state index is -0.0254. The lowest BCUT2D eigenvalue weighted by Crippen LogP contribution is -2.05. The molecule has 0 saturated carbocycles. The van der Waals surface area contributed by atoms with Gasteiger partial charge in [0, 0.05) is 12.8 Å². The molecule has 0 amide bonds. The number of ether oxygens (including phenoxy) is 1. The van der Waals surface area contributed by atoms with Gasteiger partial charge in [-0.05, 0) is 38.2 Å². The van der Waals surface area contributed by atoms with Crippen molar-refractivity contribution in [1.82, 2.24) is 0 Å². The van der Waals surface area contributed by atoms with E-state index in [1.54, 1.807) is 0 Å². The van der Waals surface area contributed by atoms with Crippen LogP contribution in [0, 0.1) is 11.8 Å². The molecular weight excluding hydrogens is 236 g/mol. The molecule has 0 radical (unpaired) electrons. The third-order valence-corrected chi connectivity index (χ3v) is 3.26. The Labute approximate surface area is 117 Å². The maximum atomic E-state index is 11.4. The highest BCUT2D eigenvalue weighted by atomic mass is 16.5. The van der Waals surface area contributed by atoms with Crippen molar-refractivity contribution in [1.29, 1.82) is 0 Å². The summed E-state index contributed by atoms with van der Waals surface area (Å²) in [6.07, 6.45) is 15.7. The largest absolute Gasteiger partial charge is 0.466 e. The molecule has 1 aliphatic heterocycles. The van der Waals surface area contributed by atoms with Gasteiger partial charge in [0.1, 0.15) is 0 Å². The van der Waals surface area contributed by atoms with Gasteiger partial charge < -0.3 is 4.74 Å². The van der Waals surface area contributed by atoms with Gasteiger partial charge in [-0.3, -0.25) is 4.79 Å². The van der Waals surface area contributed by atoms with Crippen LogP contribution in [0.25, 0.3) is 0 Å². The maximum absolute atomic E-state index is 11.4. The summed E-state index contributed by atoms with van der Waals surface area (Å²) in [4.78, 5) is 11.4. The average molecular weight is 262 g/mol. The first kappa shape index (κ1) is 15.8. The summed E-state index contributed by atoms with van der Waals surface area (Å²) >= 11 is 0. The van der Waals surface area contributed by atoms with E-state index in [-0.39, 0.29) is 5.97 Å². The Morgan fingerprint density at radius 1 is 0.947 bits per heavy atom. The fourth-order valence-corrected chi connectivity index (χ4v) is 2.09. The molecule has 106 valence electrons. The van der Waals surface area contributed by atoms with Gasteiger partial charge in [0.25, 0.3) is 0 Å². The van der Waals surface area contributed by atoms with E-state index in [1.165, 1.54) is 25.7 Å². The van der Waals surface area contributed by atoms with E-state index in [4.69, 9.17) is 4.74 Å². The summed E-state index contributed by atoms with van der Waals surface area (Å²) in [7, 11) is 0. The fraction of sp³-hybridized carbons (Fsp3) is 0.706. The molecule has 0 bridgehead atoms. The number of esters is 1. The highest BCUT2D eigenvalue weighted by Crippen LogP contribution is 2.09. The van der Waals surface area contributed by atoms with Crippen LogP contribution in [-0.2, 0) is 9.53 Å². The van der Waals surface area contributed by atoms with Crippen molar-refractivity contribution < 1.29 is 9.53 Å². The summed E-state index contributed by atoms with van der Waals surface area (Å²) in [5.41, 5.74) is 0. The minimum absolute atomic E-state index is 0.0254.